The van der Waals surface area contributed by atoms with Crippen molar-refractivity contribution in [1.82, 2.24) is 10.4 Å². The zero-order valence-corrected chi connectivity index (χ0v) is 15.5. The molecule has 0 spiro atoms. The average Bonchev–Trinajstić information content (AvgIpc) is 3.18. The van der Waals surface area contributed by atoms with E-state index >= 15 is 0 Å². The van der Waals surface area contributed by atoms with E-state index in [0.717, 1.165) is 24.0 Å². The zero-order chi connectivity index (χ0) is 18.5. The third-order valence-corrected chi connectivity index (χ3v) is 5.65. The summed E-state index contributed by atoms with van der Waals surface area (Å²) < 4.78 is 0. The highest BCUT2D eigenvalue weighted by Crippen LogP contribution is 2.27. The Hall–Kier alpha value is -2.31. The van der Waals surface area contributed by atoms with E-state index in [1.54, 1.807) is 17.6 Å². The van der Waals surface area contributed by atoms with Crippen LogP contribution in [-0.4, -0.2) is 39.6 Å². The van der Waals surface area contributed by atoms with E-state index in [2.05, 4.69) is 31.2 Å². The lowest BCUT2D eigenvalue weighted by Crippen LogP contribution is -2.43. The Morgan fingerprint density at radius 3 is 2.31 bits per heavy atom. The van der Waals surface area contributed by atoms with E-state index in [1.807, 2.05) is 12.1 Å². The molecule has 5 nitrogen and oxygen atoms in total. The second-order valence-corrected chi connectivity index (χ2v) is 7.41. The number of hydroxylamine groups is 1. The Morgan fingerprint density at radius 2 is 1.73 bits per heavy atom. The maximum atomic E-state index is 12.7. The molecule has 1 fully saturated rings. The van der Waals surface area contributed by atoms with Crippen molar-refractivity contribution in [1.29, 1.82) is 0 Å². The molecule has 0 saturated carbocycles. The lowest BCUT2D eigenvalue weighted by atomic mass is 10.0. The summed E-state index contributed by atoms with van der Waals surface area (Å²) in [6, 6.07) is 15.9. The molecular formula is C20H22N2O3S. The minimum atomic E-state index is -0.682. The Morgan fingerprint density at radius 1 is 1.12 bits per heavy atom. The fourth-order valence-electron chi connectivity index (χ4n) is 3.07. The van der Waals surface area contributed by atoms with Crippen molar-refractivity contribution in [3.05, 3.63) is 59.7 Å². The van der Waals surface area contributed by atoms with Crippen LogP contribution in [-0.2, 0) is 11.2 Å². The number of rotatable bonds is 5. The number of amides is 2. The Labute approximate surface area is 157 Å². The van der Waals surface area contributed by atoms with Gasteiger partial charge in [0.15, 0.2) is 5.37 Å². The van der Waals surface area contributed by atoms with Crippen LogP contribution in [0, 0.1) is 0 Å². The van der Waals surface area contributed by atoms with Gasteiger partial charge in [0.1, 0.15) is 0 Å². The minimum absolute atomic E-state index is 0.201. The van der Waals surface area contributed by atoms with Gasteiger partial charge in [-0.1, -0.05) is 49.7 Å². The molecular weight excluding hydrogens is 348 g/mol. The summed E-state index contributed by atoms with van der Waals surface area (Å²) in [5, 5.41) is 8.15. The highest BCUT2D eigenvalue weighted by Gasteiger charge is 2.35. The SMILES string of the molecule is CCCc1ccc(-c2ccc(C(=O)N3CCS[C@H]3C(=O)NO)cc2)cc1. The van der Waals surface area contributed by atoms with Crippen LogP contribution in [0.5, 0.6) is 0 Å². The summed E-state index contributed by atoms with van der Waals surface area (Å²) in [6.07, 6.45) is 2.20. The lowest BCUT2D eigenvalue weighted by Gasteiger charge is -2.22. The van der Waals surface area contributed by atoms with Gasteiger partial charge in [-0.15, -0.1) is 11.8 Å². The summed E-state index contributed by atoms with van der Waals surface area (Å²) in [5.74, 6) is -0.0930. The fourth-order valence-corrected chi connectivity index (χ4v) is 4.18. The molecule has 26 heavy (non-hydrogen) atoms. The molecule has 2 N–H and O–H groups in total. The van der Waals surface area contributed by atoms with Crippen LogP contribution in [0.2, 0.25) is 0 Å². The van der Waals surface area contributed by atoms with Gasteiger partial charge in [-0.3, -0.25) is 14.8 Å². The van der Waals surface area contributed by atoms with Crippen LogP contribution < -0.4 is 5.48 Å². The largest absolute Gasteiger partial charge is 0.317 e. The Bertz CT molecular complexity index is 775. The number of carbonyl (C=O) groups is 2. The van der Waals surface area contributed by atoms with Crippen LogP contribution in [0.15, 0.2) is 48.5 Å². The maximum absolute atomic E-state index is 12.7. The smallest absolute Gasteiger partial charge is 0.276 e. The van der Waals surface area contributed by atoms with E-state index in [-0.39, 0.29) is 5.91 Å². The molecule has 2 aromatic carbocycles. The van der Waals surface area contributed by atoms with Crippen molar-refractivity contribution in [2.75, 3.05) is 12.3 Å². The van der Waals surface area contributed by atoms with Crippen LogP contribution in [0.3, 0.4) is 0 Å². The molecule has 3 rings (SSSR count). The van der Waals surface area contributed by atoms with Crippen molar-refractivity contribution in [2.45, 2.75) is 25.1 Å². The van der Waals surface area contributed by atoms with Gasteiger partial charge in [-0.05, 0) is 35.2 Å². The molecule has 136 valence electrons. The second-order valence-electron chi connectivity index (χ2n) is 6.22. The third-order valence-electron chi connectivity index (χ3n) is 4.44. The predicted octanol–water partition coefficient (Wildman–Crippen LogP) is 3.33. The summed E-state index contributed by atoms with van der Waals surface area (Å²) in [7, 11) is 0. The average molecular weight is 370 g/mol. The van der Waals surface area contributed by atoms with Crippen LogP contribution in [0.25, 0.3) is 11.1 Å². The number of thioether (sulfide) groups is 1. The van der Waals surface area contributed by atoms with Crippen molar-refractivity contribution < 1.29 is 14.8 Å². The Kier molecular flexibility index (Phi) is 5.96. The first-order valence-corrected chi connectivity index (χ1v) is 9.75. The molecule has 1 aliphatic heterocycles. The molecule has 1 aliphatic rings. The minimum Gasteiger partial charge on any atom is -0.317 e. The fraction of sp³-hybridized carbons (Fsp3) is 0.300. The first-order chi connectivity index (χ1) is 12.6. The van der Waals surface area contributed by atoms with Crippen molar-refractivity contribution in [3.8, 4) is 11.1 Å². The molecule has 0 unspecified atom stereocenters. The number of aryl methyl sites for hydroxylation is 1. The predicted molar refractivity (Wildman–Crippen MR) is 103 cm³/mol. The normalized spacial score (nSPS) is 16.5. The van der Waals surface area contributed by atoms with Crippen LogP contribution in [0.1, 0.15) is 29.3 Å². The molecule has 0 bridgehead atoms. The van der Waals surface area contributed by atoms with Gasteiger partial charge < -0.3 is 4.90 Å². The summed E-state index contributed by atoms with van der Waals surface area (Å²) >= 11 is 1.34. The van der Waals surface area contributed by atoms with Crippen molar-refractivity contribution in [3.63, 3.8) is 0 Å². The van der Waals surface area contributed by atoms with Crippen LogP contribution in [0.4, 0.5) is 0 Å². The van der Waals surface area contributed by atoms with Gasteiger partial charge in [0.25, 0.3) is 11.8 Å². The van der Waals surface area contributed by atoms with Gasteiger partial charge in [0.2, 0.25) is 0 Å². The number of hydrogen-bond acceptors (Lipinski definition) is 4. The van der Waals surface area contributed by atoms with Gasteiger partial charge in [-0.25, -0.2) is 5.48 Å². The van der Waals surface area contributed by atoms with E-state index < -0.39 is 11.3 Å². The molecule has 0 aromatic heterocycles. The second kappa shape index (κ2) is 8.38. The Balaban J connectivity index is 1.74. The summed E-state index contributed by atoms with van der Waals surface area (Å²) in [5.41, 5.74) is 5.65. The molecule has 0 radical (unpaired) electrons. The van der Waals surface area contributed by atoms with Gasteiger partial charge >= 0.3 is 0 Å². The molecule has 6 heteroatoms. The van der Waals surface area contributed by atoms with Crippen LogP contribution >= 0.6 is 11.8 Å². The molecule has 1 atom stereocenters. The first-order valence-electron chi connectivity index (χ1n) is 8.70. The number of nitrogens with one attached hydrogen (secondary N) is 1. The van der Waals surface area contributed by atoms with E-state index in [9.17, 15) is 9.59 Å². The van der Waals surface area contributed by atoms with E-state index in [0.29, 0.717) is 17.9 Å². The molecule has 2 amide bonds. The monoisotopic (exact) mass is 370 g/mol. The quantitative estimate of drug-likeness (QED) is 0.626. The molecule has 1 saturated heterocycles. The van der Waals surface area contributed by atoms with Crippen molar-refractivity contribution >= 4 is 23.6 Å². The number of carbonyl (C=O) groups excluding carboxylic acids is 2. The third kappa shape index (κ3) is 3.92. The zero-order valence-electron chi connectivity index (χ0n) is 14.6. The van der Waals surface area contributed by atoms with Gasteiger partial charge in [0, 0.05) is 17.9 Å². The number of hydrogen-bond donors (Lipinski definition) is 2. The number of nitrogens with zero attached hydrogens (tertiary/aromatic N) is 1. The number of benzene rings is 2. The molecule has 1 heterocycles. The standard InChI is InChI=1S/C20H22N2O3S/c1-2-3-14-4-6-15(7-5-14)16-8-10-17(11-9-16)19(24)22-12-13-26-20(22)18(23)21-25/h4-11,20,25H,2-3,12-13H2,1H3,(H,21,23)/t20-/m0/s1. The molecule has 0 aliphatic carbocycles. The van der Waals surface area contributed by atoms with Crippen molar-refractivity contribution in [2.24, 2.45) is 0 Å². The van der Waals surface area contributed by atoms with E-state index in [4.69, 9.17) is 5.21 Å². The summed E-state index contributed by atoms with van der Waals surface area (Å²) in [4.78, 5) is 25.9. The first kappa shape index (κ1) is 18.5. The highest BCUT2D eigenvalue weighted by atomic mass is 32.2. The maximum Gasteiger partial charge on any atom is 0.276 e. The van der Waals surface area contributed by atoms with E-state index in [1.165, 1.54) is 22.2 Å². The van der Waals surface area contributed by atoms with Gasteiger partial charge in [-0.2, -0.15) is 0 Å². The lowest BCUT2D eigenvalue weighted by molar-refractivity contribution is -0.130. The van der Waals surface area contributed by atoms with Gasteiger partial charge in [0.05, 0.1) is 0 Å². The topological polar surface area (TPSA) is 69.6 Å². The summed E-state index contributed by atoms with van der Waals surface area (Å²) in [6.45, 7) is 2.65. The highest BCUT2D eigenvalue weighted by molar-refractivity contribution is 8.00. The molecule has 2 aromatic rings.